The SMILES string of the molecule is Cc1ccc(OCc2cn3cc(Cl)ccc3n2)cc1C. The average Bonchev–Trinajstić information content (AvgIpc) is 2.82. The van der Waals surface area contributed by atoms with Crippen LogP contribution in [0.4, 0.5) is 0 Å². The molecule has 1 aromatic carbocycles. The maximum atomic E-state index is 5.95. The summed E-state index contributed by atoms with van der Waals surface area (Å²) in [6.45, 7) is 4.61. The first-order chi connectivity index (χ1) is 9.61. The van der Waals surface area contributed by atoms with Gasteiger partial charge in [-0.05, 0) is 49.2 Å². The molecule has 0 saturated heterocycles. The van der Waals surface area contributed by atoms with Crippen LogP contribution < -0.4 is 4.74 Å². The lowest BCUT2D eigenvalue weighted by atomic mass is 10.1. The molecule has 0 amide bonds. The van der Waals surface area contributed by atoms with E-state index in [1.54, 1.807) is 0 Å². The van der Waals surface area contributed by atoms with Crippen LogP contribution in [-0.2, 0) is 6.61 Å². The van der Waals surface area contributed by atoms with Crippen LogP contribution in [0.5, 0.6) is 5.75 Å². The second kappa shape index (κ2) is 5.17. The van der Waals surface area contributed by atoms with Gasteiger partial charge < -0.3 is 9.14 Å². The zero-order valence-corrected chi connectivity index (χ0v) is 12.2. The Kier molecular flexibility index (Phi) is 3.36. The molecule has 2 heterocycles. The Morgan fingerprint density at radius 1 is 1.10 bits per heavy atom. The zero-order valence-electron chi connectivity index (χ0n) is 11.4. The molecule has 0 unspecified atom stereocenters. The summed E-state index contributed by atoms with van der Waals surface area (Å²) in [7, 11) is 0. The van der Waals surface area contributed by atoms with Gasteiger partial charge in [-0.3, -0.25) is 0 Å². The predicted octanol–water partition coefficient (Wildman–Crippen LogP) is 4.18. The van der Waals surface area contributed by atoms with Crippen molar-refractivity contribution in [2.24, 2.45) is 0 Å². The fourth-order valence-corrected chi connectivity index (χ4v) is 2.22. The first-order valence-corrected chi connectivity index (χ1v) is 6.83. The Morgan fingerprint density at radius 3 is 2.75 bits per heavy atom. The van der Waals surface area contributed by atoms with Crippen molar-refractivity contribution in [3.05, 3.63) is 64.6 Å². The molecule has 0 spiro atoms. The van der Waals surface area contributed by atoms with Gasteiger partial charge in [-0.15, -0.1) is 0 Å². The van der Waals surface area contributed by atoms with Gasteiger partial charge in [0.25, 0.3) is 0 Å². The third-order valence-electron chi connectivity index (χ3n) is 3.33. The minimum Gasteiger partial charge on any atom is -0.487 e. The van der Waals surface area contributed by atoms with Gasteiger partial charge in [0.1, 0.15) is 18.0 Å². The van der Waals surface area contributed by atoms with Gasteiger partial charge in [0, 0.05) is 12.4 Å². The smallest absolute Gasteiger partial charge is 0.137 e. The number of hydrogen-bond acceptors (Lipinski definition) is 2. The van der Waals surface area contributed by atoms with Crippen LogP contribution in [-0.4, -0.2) is 9.38 Å². The Morgan fingerprint density at radius 2 is 1.95 bits per heavy atom. The first kappa shape index (κ1) is 13.0. The van der Waals surface area contributed by atoms with Gasteiger partial charge in [-0.1, -0.05) is 17.7 Å². The molecule has 3 aromatic rings. The molecule has 0 atom stereocenters. The van der Waals surface area contributed by atoms with Gasteiger partial charge in [-0.25, -0.2) is 4.98 Å². The van der Waals surface area contributed by atoms with E-state index in [0.29, 0.717) is 11.6 Å². The number of fused-ring (bicyclic) bond motifs is 1. The standard InChI is InChI=1S/C16H15ClN2O/c1-11-3-5-15(7-12(11)2)20-10-14-9-19-8-13(17)4-6-16(19)18-14/h3-9H,10H2,1-2H3. The Bertz CT molecular complexity index is 764. The molecule has 0 fully saturated rings. The highest BCUT2D eigenvalue weighted by Crippen LogP contribution is 2.18. The van der Waals surface area contributed by atoms with E-state index in [2.05, 4.69) is 24.9 Å². The maximum absolute atomic E-state index is 5.95. The van der Waals surface area contributed by atoms with E-state index < -0.39 is 0 Å². The molecule has 3 nitrogen and oxygen atoms in total. The molecule has 102 valence electrons. The van der Waals surface area contributed by atoms with E-state index >= 15 is 0 Å². The third kappa shape index (κ3) is 2.63. The number of imidazole rings is 1. The van der Waals surface area contributed by atoms with E-state index in [4.69, 9.17) is 16.3 Å². The molecule has 2 aromatic heterocycles. The van der Waals surface area contributed by atoms with Crippen LogP contribution in [0, 0.1) is 13.8 Å². The molecule has 20 heavy (non-hydrogen) atoms. The van der Waals surface area contributed by atoms with E-state index in [1.807, 2.05) is 41.1 Å². The number of halogens is 1. The number of benzene rings is 1. The maximum Gasteiger partial charge on any atom is 0.137 e. The number of aromatic nitrogens is 2. The number of rotatable bonds is 3. The lowest BCUT2D eigenvalue weighted by molar-refractivity contribution is 0.302. The number of nitrogens with zero attached hydrogens (tertiary/aromatic N) is 2. The second-order valence-corrected chi connectivity index (χ2v) is 5.32. The summed E-state index contributed by atoms with van der Waals surface area (Å²) < 4.78 is 7.68. The van der Waals surface area contributed by atoms with Crippen molar-refractivity contribution in [1.82, 2.24) is 9.38 Å². The number of aryl methyl sites for hydroxylation is 2. The van der Waals surface area contributed by atoms with Crippen LogP contribution in [0.25, 0.3) is 5.65 Å². The predicted molar refractivity (Wildman–Crippen MR) is 80.5 cm³/mol. The molecule has 3 rings (SSSR count). The molecule has 0 aliphatic heterocycles. The topological polar surface area (TPSA) is 26.5 Å². The molecule has 0 bridgehead atoms. The zero-order chi connectivity index (χ0) is 14.1. The van der Waals surface area contributed by atoms with Crippen molar-refractivity contribution in [2.45, 2.75) is 20.5 Å². The quantitative estimate of drug-likeness (QED) is 0.722. The molecule has 4 heteroatoms. The van der Waals surface area contributed by atoms with Crippen LogP contribution in [0.3, 0.4) is 0 Å². The highest BCUT2D eigenvalue weighted by Gasteiger charge is 2.04. The van der Waals surface area contributed by atoms with Gasteiger partial charge in [0.15, 0.2) is 0 Å². The van der Waals surface area contributed by atoms with Crippen molar-refractivity contribution in [1.29, 1.82) is 0 Å². The molecular formula is C16H15ClN2O. The monoisotopic (exact) mass is 286 g/mol. The molecule has 0 N–H and O–H groups in total. The number of pyridine rings is 1. The summed E-state index contributed by atoms with van der Waals surface area (Å²) in [6.07, 6.45) is 3.77. The fourth-order valence-electron chi connectivity index (χ4n) is 2.05. The molecular weight excluding hydrogens is 272 g/mol. The van der Waals surface area contributed by atoms with E-state index in [0.717, 1.165) is 17.1 Å². The highest BCUT2D eigenvalue weighted by molar-refractivity contribution is 6.30. The Hall–Kier alpha value is -2.00. The van der Waals surface area contributed by atoms with Gasteiger partial charge in [-0.2, -0.15) is 0 Å². The number of ether oxygens (including phenoxy) is 1. The lowest BCUT2D eigenvalue weighted by Crippen LogP contribution is -1.96. The minimum absolute atomic E-state index is 0.446. The van der Waals surface area contributed by atoms with Gasteiger partial charge >= 0.3 is 0 Å². The Labute approximate surface area is 122 Å². The Balaban J connectivity index is 1.77. The summed E-state index contributed by atoms with van der Waals surface area (Å²) in [4.78, 5) is 4.49. The van der Waals surface area contributed by atoms with Crippen molar-refractivity contribution in [3.63, 3.8) is 0 Å². The largest absolute Gasteiger partial charge is 0.487 e. The highest BCUT2D eigenvalue weighted by atomic mass is 35.5. The average molecular weight is 287 g/mol. The molecule has 0 saturated carbocycles. The lowest BCUT2D eigenvalue weighted by Gasteiger charge is -2.06. The third-order valence-corrected chi connectivity index (χ3v) is 3.55. The fraction of sp³-hybridized carbons (Fsp3) is 0.188. The molecule has 0 aliphatic carbocycles. The van der Waals surface area contributed by atoms with Crippen molar-refractivity contribution < 1.29 is 4.74 Å². The molecule has 0 aliphatic rings. The van der Waals surface area contributed by atoms with Crippen LogP contribution in [0.1, 0.15) is 16.8 Å². The normalized spacial score (nSPS) is 10.9. The second-order valence-electron chi connectivity index (χ2n) is 4.88. The van der Waals surface area contributed by atoms with Crippen LogP contribution in [0.15, 0.2) is 42.7 Å². The first-order valence-electron chi connectivity index (χ1n) is 6.45. The van der Waals surface area contributed by atoms with Crippen molar-refractivity contribution in [2.75, 3.05) is 0 Å². The summed E-state index contributed by atoms with van der Waals surface area (Å²) in [6, 6.07) is 9.81. The molecule has 0 radical (unpaired) electrons. The summed E-state index contributed by atoms with van der Waals surface area (Å²) in [5, 5.41) is 0.691. The van der Waals surface area contributed by atoms with Crippen LogP contribution in [0.2, 0.25) is 5.02 Å². The van der Waals surface area contributed by atoms with E-state index in [1.165, 1.54) is 11.1 Å². The number of hydrogen-bond donors (Lipinski definition) is 0. The van der Waals surface area contributed by atoms with Crippen molar-refractivity contribution in [3.8, 4) is 5.75 Å². The van der Waals surface area contributed by atoms with Crippen LogP contribution >= 0.6 is 11.6 Å². The van der Waals surface area contributed by atoms with E-state index in [9.17, 15) is 0 Å². The minimum atomic E-state index is 0.446. The van der Waals surface area contributed by atoms with Gasteiger partial charge in [0.2, 0.25) is 0 Å². The van der Waals surface area contributed by atoms with Crippen molar-refractivity contribution >= 4 is 17.2 Å². The summed E-state index contributed by atoms with van der Waals surface area (Å²) >= 11 is 5.95. The summed E-state index contributed by atoms with van der Waals surface area (Å²) in [5.41, 5.74) is 4.24. The van der Waals surface area contributed by atoms with E-state index in [-0.39, 0.29) is 0 Å². The van der Waals surface area contributed by atoms with Gasteiger partial charge in [0.05, 0.1) is 10.7 Å². The summed E-state index contributed by atoms with van der Waals surface area (Å²) in [5.74, 6) is 0.864.